The number of aryl methyl sites for hydroxylation is 1. The fourth-order valence-electron chi connectivity index (χ4n) is 3.04. The molecular formula is C17H18N2O2. The van der Waals surface area contributed by atoms with Gasteiger partial charge in [-0.2, -0.15) is 0 Å². The van der Waals surface area contributed by atoms with E-state index in [1.807, 2.05) is 31.0 Å². The van der Waals surface area contributed by atoms with Crippen LogP contribution in [0.15, 0.2) is 36.4 Å². The third-order valence-electron chi connectivity index (χ3n) is 4.13. The maximum atomic E-state index is 12.1. The van der Waals surface area contributed by atoms with Crippen molar-refractivity contribution in [3.8, 4) is 0 Å². The molecule has 1 heterocycles. The quantitative estimate of drug-likeness (QED) is 0.860. The second-order valence-electron chi connectivity index (χ2n) is 5.53. The highest BCUT2D eigenvalue weighted by Gasteiger charge is 2.31. The van der Waals surface area contributed by atoms with Crippen LogP contribution in [0.3, 0.4) is 0 Å². The normalized spacial score (nSPS) is 18.7. The number of carbonyl (C=O) groups excluding carboxylic acids is 2. The molecule has 1 saturated heterocycles. The van der Waals surface area contributed by atoms with Gasteiger partial charge in [0.25, 0.3) is 0 Å². The van der Waals surface area contributed by atoms with Gasteiger partial charge in [-0.05, 0) is 24.3 Å². The molecule has 0 saturated carbocycles. The summed E-state index contributed by atoms with van der Waals surface area (Å²) in [5.41, 5.74) is 2.18. The highest BCUT2D eigenvalue weighted by molar-refractivity contribution is 6.03. The van der Waals surface area contributed by atoms with Crippen LogP contribution in [-0.4, -0.2) is 24.9 Å². The average Bonchev–Trinajstić information content (AvgIpc) is 2.46. The number of likely N-dealkylation sites (N-methyl/N-ethyl adjacent to an activating group) is 1. The van der Waals surface area contributed by atoms with Crippen molar-refractivity contribution in [2.45, 2.75) is 25.8 Å². The summed E-state index contributed by atoms with van der Waals surface area (Å²) < 4.78 is 0. The van der Waals surface area contributed by atoms with Gasteiger partial charge in [-0.3, -0.25) is 14.9 Å². The van der Waals surface area contributed by atoms with Crippen LogP contribution in [0.1, 0.15) is 18.4 Å². The number of rotatable bonds is 2. The van der Waals surface area contributed by atoms with Crippen molar-refractivity contribution in [2.24, 2.45) is 0 Å². The third kappa shape index (κ3) is 2.37. The Kier molecular flexibility index (Phi) is 3.37. The second-order valence-corrected chi connectivity index (χ2v) is 5.53. The lowest BCUT2D eigenvalue weighted by Crippen LogP contribution is -2.51. The first-order valence-corrected chi connectivity index (χ1v) is 7.13. The van der Waals surface area contributed by atoms with Gasteiger partial charge in [0.05, 0.1) is 0 Å². The van der Waals surface area contributed by atoms with E-state index in [9.17, 15) is 9.59 Å². The van der Waals surface area contributed by atoms with E-state index >= 15 is 0 Å². The van der Waals surface area contributed by atoms with E-state index in [0.29, 0.717) is 12.8 Å². The predicted octanol–water partition coefficient (Wildman–Crippen LogP) is 2.39. The monoisotopic (exact) mass is 282 g/mol. The Hall–Kier alpha value is -2.36. The second kappa shape index (κ2) is 5.20. The first kappa shape index (κ1) is 13.6. The number of fused-ring (bicyclic) bond motifs is 1. The van der Waals surface area contributed by atoms with Gasteiger partial charge in [0.15, 0.2) is 0 Å². The lowest BCUT2D eigenvalue weighted by atomic mass is 9.99. The standard InChI is InChI=1S/C17H18N2O2/c1-11-7-8-12-5-3-4-6-13(12)16(11)19(2)14-9-10-15(20)18-17(14)21/h3-8,14H,9-10H2,1-2H3,(H,18,20,21). The summed E-state index contributed by atoms with van der Waals surface area (Å²) in [4.78, 5) is 25.4. The van der Waals surface area contributed by atoms with Crippen LogP contribution in [0, 0.1) is 6.92 Å². The summed E-state index contributed by atoms with van der Waals surface area (Å²) in [6, 6.07) is 12.0. The lowest BCUT2D eigenvalue weighted by Gasteiger charge is -2.33. The maximum absolute atomic E-state index is 12.1. The molecule has 1 atom stereocenters. The van der Waals surface area contributed by atoms with Gasteiger partial charge in [-0.25, -0.2) is 0 Å². The molecule has 1 aliphatic heterocycles. The minimum atomic E-state index is -0.299. The van der Waals surface area contributed by atoms with Crippen molar-refractivity contribution in [3.63, 3.8) is 0 Å². The molecule has 2 amide bonds. The number of amides is 2. The Labute approximate surface area is 123 Å². The van der Waals surface area contributed by atoms with Crippen LogP contribution in [0.25, 0.3) is 10.8 Å². The fourth-order valence-corrected chi connectivity index (χ4v) is 3.04. The van der Waals surface area contributed by atoms with E-state index < -0.39 is 0 Å². The number of hydrogen-bond donors (Lipinski definition) is 1. The van der Waals surface area contributed by atoms with Crippen LogP contribution < -0.4 is 10.2 Å². The zero-order valence-corrected chi connectivity index (χ0v) is 12.2. The Morgan fingerprint density at radius 2 is 1.90 bits per heavy atom. The number of nitrogens with one attached hydrogen (secondary N) is 1. The third-order valence-corrected chi connectivity index (χ3v) is 4.13. The molecule has 21 heavy (non-hydrogen) atoms. The topological polar surface area (TPSA) is 49.4 Å². The maximum Gasteiger partial charge on any atom is 0.249 e. The highest BCUT2D eigenvalue weighted by atomic mass is 16.2. The van der Waals surface area contributed by atoms with Gasteiger partial charge < -0.3 is 4.90 Å². The SMILES string of the molecule is Cc1ccc2ccccc2c1N(C)C1CCC(=O)NC1=O. The fraction of sp³-hybridized carbons (Fsp3) is 0.294. The molecule has 108 valence electrons. The van der Waals surface area contributed by atoms with E-state index in [2.05, 4.69) is 29.6 Å². The van der Waals surface area contributed by atoms with E-state index in [-0.39, 0.29) is 17.9 Å². The minimum absolute atomic E-state index is 0.181. The van der Waals surface area contributed by atoms with E-state index in [4.69, 9.17) is 0 Å². The Morgan fingerprint density at radius 1 is 1.14 bits per heavy atom. The molecule has 4 nitrogen and oxygen atoms in total. The molecule has 1 unspecified atom stereocenters. The molecule has 1 N–H and O–H groups in total. The number of carbonyl (C=O) groups is 2. The number of hydrogen-bond acceptors (Lipinski definition) is 3. The van der Waals surface area contributed by atoms with Crippen molar-refractivity contribution in [2.75, 3.05) is 11.9 Å². The summed E-state index contributed by atoms with van der Waals surface area (Å²) in [6.07, 6.45) is 0.953. The molecule has 0 aromatic heterocycles. The van der Waals surface area contributed by atoms with Crippen LogP contribution in [0.5, 0.6) is 0 Å². The number of benzene rings is 2. The van der Waals surface area contributed by atoms with E-state index in [0.717, 1.165) is 22.0 Å². The summed E-state index contributed by atoms with van der Waals surface area (Å²) in [5.74, 6) is -0.389. The minimum Gasteiger partial charge on any atom is -0.362 e. The molecule has 2 aromatic rings. The average molecular weight is 282 g/mol. The van der Waals surface area contributed by atoms with E-state index in [1.54, 1.807) is 0 Å². The zero-order chi connectivity index (χ0) is 15.0. The van der Waals surface area contributed by atoms with Crippen LogP contribution in [0.2, 0.25) is 0 Å². The molecule has 0 bridgehead atoms. The van der Waals surface area contributed by atoms with Crippen LogP contribution in [-0.2, 0) is 9.59 Å². The summed E-state index contributed by atoms with van der Waals surface area (Å²) in [6.45, 7) is 2.05. The predicted molar refractivity (Wildman–Crippen MR) is 83.3 cm³/mol. The van der Waals surface area contributed by atoms with Gasteiger partial charge in [-0.15, -0.1) is 0 Å². The Bertz CT molecular complexity index is 724. The molecule has 1 aliphatic rings. The van der Waals surface area contributed by atoms with E-state index in [1.165, 1.54) is 0 Å². The summed E-state index contributed by atoms with van der Waals surface area (Å²) in [5, 5.41) is 4.71. The molecular weight excluding hydrogens is 264 g/mol. The highest BCUT2D eigenvalue weighted by Crippen LogP contribution is 2.32. The largest absolute Gasteiger partial charge is 0.362 e. The van der Waals surface area contributed by atoms with Crippen molar-refractivity contribution >= 4 is 28.3 Å². The van der Waals surface area contributed by atoms with Crippen LogP contribution in [0.4, 0.5) is 5.69 Å². The molecule has 1 fully saturated rings. The zero-order valence-electron chi connectivity index (χ0n) is 12.2. The Morgan fingerprint density at radius 3 is 2.67 bits per heavy atom. The van der Waals surface area contributed by atoms with Gasteiger partial charge in [-0.1, -0.05) is 36.4 Å². The molecule has 0 spiro atoms. The molecule has 0 radical (unpaired) electrons. The molecule has 0 aliphatic carbocycles. The molecule has 4 heteroatoms. The van der Waals surface area contributed by atoms with Crippen molar-refractivity contribution < 1.29 is 9.59 Å². The number of piperidine rings is 1. The van der Waals surface area contributed by atoms with Crippen molar-refractivity contribution in [3.05, 3.63) is 42.0 Å². The number of nitrogens with zero attached hydrogens (tertiary/aromatic N) is 1. The lowest BCUT2D eigenvalue weighted by molar-refractivity contribution is -0.134. The number of imide groups is 1. The Balaban J connectivity index is 2.05. The summed E-state index contributed by atoms with van der Waals surface area (Å²) in [7, 11) is 1.93. The van der Waals surface area contributed by atoms with Gasteiger partial charge in [0, 0.05) is 24.5 Å². The van der Waals surface area contributed by atoms with Crippen molar-refractivity contribution in [1.29, 1.82) is 0 Å². The number of anilines is 1. The molecule has 3 rings (SSSR count). The molecule has 2 aromatic carbocycles. The van der Waals surface area contributed by atoms with Gasteiger partial charge in [0.1, 0.15) is 6.04 Å². The smallest absolute Gasteiger partial charge is 0.249 e. The van der Waals surface area contributed by atoms with Crippen LogP contribution >= 0.6 is 0 Å². The first-order chi connectivity index (χ1) is 10.1. The van der Waals surface area contributed by atoms with Gasteiger partial charge >= 0.3 is 0 Å². The first-order valence-electron chi connectivity index (χ1n) is 7.13. The van der Waals surface area contributed by atoms with Gasteiger partial charge in [0.2, 0.25) is 11.8 Å². The van der Waals surface area contributed by atoms with Crippen molar-refractivity contribution in [1.82, 2.24) is 5.32 Å². The summed E-state index contributed by atoms with van der Waals surface area (Å²) >= 11 is 0.